The summed E-state index contributed by atoms with van der Waals surface area (Å²) in [7, 11) is 0. The predicted molar refractivity (Wildman–Crippen MR) is 59.0 cm³/mol. The molecular formula is C12H23NO. The summed E-state index contributed by atoms with van der Waals surface area (Å²) in [5, 5.41) is 0. The predicted octanol–water partition coefficient (Wildman–Crippen LogP) is 2.51. The fourth-order valence-electron chi connectivity index (χ4n) is 1.65. The molecule has 2 heteroatoms. The van der Waals surface area contributed by atoms with Crippen molar-refractivity contribution in [2.24, 2.45) is 16.6 Å². The van der Waals surface area contributed by atoms with Crippen molar-refractivity contribution in [2.45, 2.75) is 59.4 Å². The van der Waals surface area contributed by atoms with Crippen molar-refractivity contribution < 1.29 is 4.79 Å². The molecule has 0 spiro atoms. The third-order valence-electron chi connectivity index (χ3n) is 3.24. The molecule has 0 radical (unpaired) electrons. The van der Waals surface area contributed by atoms with Crippen LogP contribution in [0.5, 0.6) is 0 Å². The molecule has 1 aliphatic carbocycles. The van der Waals surface area contributed by atoms with Crippen LogP contribution in [-0.2, 0) is 4.79 Å². The maximum absolute atomic E-state index is 11.8. The van der Waals surface area contributed by atoms with Crippen LogP contribution in [0.1, 0.15) is 53.4 Å². The SMILES string of the molecule is CC1(CCC(N)C(=O)C(C)(C)C)CC1. The summed E-state index contributed by atoms with van der Waals surface area (Å²) in [6, 6.07) is -0.257. The Kier molecular flexibility index (Phi) is 3.05. The Labute approximate surface area is 87.2 Å². The first-order valence-corrected chi connectivity index (χ1v) is 5.55. The van der Waals surface area contributed by atoms with E-state index in [0.29, 0.717) is 5.41 Å². The van der Waals surface area contributed by atoms with E-state index in [1.54, 1.807) is 0 Å². The normalized spacial score (nSPS) is 21.8. The van der Waals surface area contributed by atoms with Gasteiger partial charge in [-0.15, -0.1) is 0 Å². The zero-order valence-corrected chi connectivity index (χ0v) is 9.89. The second-order valence-electron chi connectivity index (χ2n) is 6.07. The molecule has 2 nitrogen and oxygen atoms in total. The van der Waals surface area contributed by atoms with Crippen molar-refractivity contribution in [3.8, 4) is 0 Å². The van der Waals surface area contributed by atoms with Crippen LogP contribution < -0.4 is 5.73 Å². The van der Waals surface area contributed by atoms with E-state index in [4.69, 9.17) is 5.73 Å². The minimum Gasteiger partial charge on any atom is -0.321 e. The first kappa shape index (κ1) is 11.7. The van der Waals surface area contributed by atoms with Crippen molar-refractivity contribution in [3.63, 3.8) is 0 Å². The molecule has 82 valence electrons. The van der Waals surface area contributed by atoms with Crippen LogP contribution in [0.25, 0.3) is 0 Å². The molecular weight excluding hydrogens is 174 g/mol. The fourth-order valence-corrected chi connectivity index (χ4v) is 1.65. The highest BCUT2D eigenvalue weighted by Gasteiger charge is 2.38. The molecule has 0 aromatic rings. The lowest BCUT2D eigenvalue weighted by atomic mass is 9.84. The average molecular weight is 197 g/mol. The number of hydrogen-bond donors (Lipinski definition) is 1. The van der Waals surface area contributed by atoms with Gasteiger partial charge in [-0.3, -0.25) is 4.79 Å². The third-order valence-corrected chi connectivity index (χ3v) is 3.24. The minimum absolute atomic E-state index is 0.196. The average Bonchev–Trinajstić information content (AvgIpc) is 2.77. The zero-order chi connectivity index (χ0) is 11.0. The summed E-state index contributed by atoms with van der Waals surface area (Å²) in [6.45, 7) is 8.09. The Morgan fingerprint density at radius 1 is 1.43 bits per heavy atom. The number of carbonyl (C=O) groups excluding carboxylic acids is 1. The van der Waals surface area contributed by atoms with E-state index in [-0.39, 0.29) is 17.2 Å². The molecule has 1 rings (SSSR count). The van der Waals surface area contributed by atoms with Crippen molar-refractivity contribution in [2.75, 3.05) is 0 Å². The summed E-state index contributed by atoms with van der Waals surface area (Å²) in [6.07, 6.45) is 4.58. The van der Waals surface area contributed by atoms with Gasteiger partial charge in [0, 0.05) is 5.41 Å². The molecule has 1 fully saturated rings. The van der Waals surface area contributed by atoms with Crippen LogP contribution in [0.3, 0.4) is 0 Å². The maximum Gasteiger partial charge on any atom is 0.154 e. The molecule has 0 bridgehead atoms. The molecule has 1 unspecified atom stereocenters. The number of rotatable bonds is 4. The van der Waals surface area contributed by atoms with Crippen molar-refractivity contribution in [1.29, 1.82) is 0 Å². The van der Waals surface area contributed by atoms with Gasteiger partial charge in [-0.25, -0.2) is 0 Å². The maximum atomic E-state index is 11.8. The van der Waals surface area contributed by atoms with Crippen LogP contribution in [0.2, 0.25) is 0 Å². The Balaban J connectivity index is 2.34. The third kappa shape index (κ3) is 3.09. The second kappa shape index (κ2) is 3.65. The monoisotopic (exact) mass is 197 g/mol. The summed E-state index contributed by atoms with van der Waals surface area (Å²) in [5.41, 5.74) is 6.11. The molecule has 1 saturated carbocycles. The highest BCUT2D eigenvalue weighted by atomic mass is 16.1. The van der Waals surface area contributed by atoms with E-state index in [2.05, 4.69) is 6.92 Å². The van der Waals surface area contributed by atoms with Crippen molar-refractivity contribution >= 4 is 5.78 Å². The molecule has 0 aromatic heterocycles. The van der Waals surface area contributed by atoms with Gasteiger partial charge in [0.05, 0.1) is 6.04 Å². The van der Waals surface area contributed by atoms with Gasteiger partial charge in [-0.05, 0) is 31.1 Å². The zero-order valence-electron chi connectivity index (χ0n) is 9.89. The van der Waals surface area contributed by atoms with Crippen LogP contribution in [0.4, 0.5) is 0 Å². The van der Waals surface area contributed by atoms with E-state index in [1.165, 1.54) is 12.8 Å². The Bertz CT molecular complexity index is 223. The number of carbonyl (C=O) groups is 1. The topological polar surface area (TPSA) is 43.1 Å². The smallest absolute Gasteiger partial charge is 0.154 e. The van der Waals surface area contributed by atoms with Gasteiger partial charge in [0.1, 0.15) is 0 Å². The van der Waals surface area contributed by atoms with E-state index < -0.39 is 0 Å². The van der Waals surface area contributed by atoms with Crippen LogP contribution in [0.15, 0.2) is 0 Å². The molecule has 0 saturated heterocycles. The standard InChI is InChI=1S/C12H23NO/c1-11(2,3)10(14)9(13)5-6-12(4)7-8-12/h9H,5-8,13H2,1-4H3. The summed E-state index contributed by atoms with van der Waals surface area (Å²) in [4.78, 5) is 11.8. The van der Waals surface area contributed by atoms with Crippen LogP contribution in [-0.4, -0.2) is 11.8 Å². The Morgan fingerprint density at radius 3 is 2.29 bits per heavy atom. The van der Waals surface area contributed by atoms with Crippen LogP contribution >= 0.6 is 0 Å². The number of hydrogen-bond acceptors (Lipinski definition) is 2. The first-order chi connectivity index (χ1) is 6.25. The highest BCUT2D eigenvalue weighted by Crippen LogP contribution is 2.49. The quantitative estimate of drug-likeness (QED) is 0.752. The largest absolute Gasteiger partial charge is 0.321 e. The van der Waals surface area contributed by atoms with Gasteiger partial charge in [-0.1, -0.05) is 27.7 Å². The minimum atomic E-state index is -0.288. The molecule has 0 heterocycles. The Hall–Kier alpha value is -0.370. The molecule has 1 atom stereocenters. The van der Waals surface area contributed by atoms with Gasteiger partial charge in [-0.2, -0.15) is 0 Å². The highest BCUT2D eigenvalue weighted by molar-refractivity contribution is 5.88. The van der Waals surface area contributed by atoms with E-state index in [9.17, 15) is 4.79 Å². The van der Waals surface area contributed by atoms with Gasteiger partial charge in [0.25, 0.3) is 0 Å². The van der Waals surface area contributed by atoms with Crippen molar-refractivity contribution in [1.82, 2.24) is 0 Å². The number of Topliss-reactive ketones (excluding diaryl/α,β-unsaturated/α-hetero) is 1. The van der Waals surface area contributed by atoms with E-state index >= 15 is 0 Å². The van der Waals surface area contributed by atoms with Gasteiger partial charge >= 0.3 is 0 Å². The van der Waals surface area contributed by atoms with Crippen molar-refractivity contribution in [3.05, 3.63) is 0 Å². The first-order valence-electron chi connectivity index (χ1n) is 5.55. The lowest BCUT2D eigenvalue weighted by Gasteiger charge is -2.22. The molecule has 0 amide bonds. The molecule has 14 heavy (non-hydrogen) atoms. The second-order valence-corrected chi connectivity index (χ2v) is 6.07. The summed E-state index contributed by atoms with van der Waals surface area (Å²) in [5.74, 6) is 0.196. The van der Waals surface area contributed by atoms with Gasteiger partial charge in [0.15, 0.2) is 5.78 Å². The van der Waals surface area contributed by atoms with E-state index in [0.717, 1.165) is 12.8 Å². The summed E-state index contributed by atoms with van der Waals surface area (Å²) < 4.78 is 0. The van der Waals surface area contributed by atoms with Gasteiger partial charge < -0.3 is 5.73 Å². The lowest BCUT2D eigenvalue weighted by molar-refractivity contribution is -0.127. The molecule has 0 aromatic carbocycles. The fraction of sp³-hybridized carbons (Fsp3) is 0.917. The Morgan fingerprint density at radius 2 is 1.93 bits per heavy atom. The lowest BCUT2D eigenvalue weighted by Crippen LogP contribution is -2.39. The van der Waals surface area contributed by atoms with Gasteiger partial charge in [0.2, 0.25) is 0 Å². The molecule has 1 aliphatic rings. The van der Waals surface area contributed by atoms with E-state index in [1.807, 2.05) is 20.8 Å². The summed E-state index contributed by atoms with van der Waals surface area (Å²) >= 11 is 0. The van der Waals surface area contributed by atoms with Crippen LogP contribution in [0, 0.1) is 10.8 Å². The molecule has 0 aliphatic heterocycles. The number of nitrogens with two attached hydrogens (primary N) is 1. The molecule has 2 N–H and O–H groups in total. The number of ketones is 1.